The molecule has 0 aliphatic carbocycles. The molecule has 60 valence electrons. The van der Waals surface area contributed by atoms with Crippen LogP contribution < -0.4 is 21.8 Å². The van der Waals surface area contributed by atoms with Crippen LogP contribution in [-0.2, 0) is 0 Å². The first-order valence-corrected chi connectivity index (χ1v) is 3.01. The molecule has 5 N–H and O–H groups in total. The van der Waals surface area contributed by atoms with Gasteiger partial charge < -0.3 is 5.73 Å². The average Bonchev–Trinajstić information content (AvgIpc) is 1.85. The van der Waals surface area contributed by atoms with Crippen LogP contribution in [0.15, 0.2) is 9.59 Å². The molecule has 0 atom stereocenters. The first-order chi connectivity index (χ1) is 5.15. The zero-order chi connectivity index (χ0) is 8.43. The van der Waals surface area contributed by atoms with Gasteiger partial charge in [0.15, 0.2) is 5.69 Å². The van der Waals surface area contributed by atoms with Gasteiger partial charge in [-0.3, -0.25) is 19.6 Å². The quantitative estimate of drug-likeness (QED) is 0.421. The van der Waals surface area contributed by atoms with Crippen LogP contribution in [0.5, 0.6) is 0 Å². The number of nitrogen functional groups attached to an aromatic ring is 1. The lowest BCUT2D eigenvalue weighted by Crippen LogP contribution is -2.25. The van der Waals surface area contributed by atoms with Gasteiger partial charge in [0, 0.05) is 11.8 Å². The molecule has 1 aromatic heterocycles. The highest BCUT2D eigenvalue weighted by Gasteiger charge is 2.02. The summed E-state index contributed by atoms with van der Waals surface area (Å²) in [5.74, 6) is -0.0891. The summed E-state index contributed by atoms with van der Waals surface area (Å²) in [6, 6.07) is 0. The molecule has 6 nitrogen and oxygen atoms in total. The summed E-state index contributed by atoms with van der Waals surface area (Å²) in [4.78, 5) is 27.4. The predicted octanol–water partition coefficient (Wildman–Crippen LogP) is -0.789. The summed E-state index contributed by atoms with van der Waals surface area (Å²) in [7, 11) is 0. The Bertz CT molecular complexity index is 367. The number of nitrogens with one attached hydrogen (secondary N) is 3. The van der Waals surface area contributed by atoms with Crippen LogP contribution in [0.3, 0.4) is 0 Å². The van der Waals surface area contributed by atoms with Crippen LogP contribution in [0.2, 0.25) is 0 Å². The zero-order valence-electron chi connectivity index (χ0n) is 5.27. The van der Waals surface area contributed by atoms with Crippen molar-refractivity contribution in [3.8, 4) is 0 Å². The maximum atomic E-state index is 10.8. The van der Waals surface area contributed by atoms with Gasteiger partial charge in [-0.05, 0) is 0 Å². The summed E-state index contributed by atoms with van der Waals surface area (Å²) >= 11 is 5.12. The Morgan fingerprint density at radius 1 is 1.36 bits per heavy atom. The van der Waals surface area contributed by atoms with E-state index >= 15 is 0 Å². The van der Waals surface area contributed by atoms with Crippen molar-refractivity contribution in [1.82, 2.24) is 9.97 Å². The number of aromatic amines is 2. The van der Waals surface area contributed by atoms with Crippen molar-refractivity contribution in [3.63, 3.8) is 0 Å². The lowest BCUT2D eigenvalue weighted by molar-refractivity contribution is 1.05. The number of rotatable bonds is 1. The Labute approximate surface area is 65.5 Å². The van der Waals surface area contributed by atoms with Crippen molar-refractivity contribution in [3.05, 3.63) is 20.8 Å². The lowest BCUT2D eigenvalue weighted by atomic mass is 10.5. The minimum absolute atomic E-state index is 0.0636. The molecule has 0 aromatic carbocycles. The Balaban J connectivity index is 3.49. The summed E-state index contributed by atoms with van der Waals surface area (Å²) in [5, 5.41) is 0. The highest BCUT2D eigenvalue weighted by atomic mass is 35.5. The molecule has 1 aromatic rings. The first-order valence-electron chi connectivity index (χ1n) is 2.64. The molecular formula is C4H5ClN4O2. The fourth-order valence-electron chi connectivity index (χ4n) is 0.598. The van der Waals surface area contributed by atoms with E-state index in [-0.39, 0.29) is 11.5 Å². The molecule has 11 heavy (non-hydrogen) atoms. The number of H-pyrrole nitrogens is 2. The van der Waals surface area contributed by atoms with Crippen LogP contribution in [0, 0.1) is 0 Å². The van der Waals surface area contributed by atoms with Crippen molar-refractivity contribution in [1.29, 1.82) is 0 Å². The van der Waals surface area contributed by atoms with Gasteiger partial charge in [-0.2, -0.15) is 0 Å². The molecule has 0 unspecified atom stereocenters. The predicted molar refractivity (Wildman–Crippen MR) is 41.6 cm³/mol. The topological polar surface area (TPSA) is 104 Å². The van der Waals surface area contributed by atoms with Gasteiger partial charge in [0.1, 0.15) is 5.82 Å². The molecule has 0 radical (unpaired) electrons. The van der Waals surface area contributed by atoms with Crippen molar-refractivity contribution in [2.75, 3.05) is 10.6 Å². The molecule has 0 saturated carbocycles. The zero-order valence-corrected chi connectivity index (χ0v) is 6.03. The van der Waals surface area contributed by atoms with E-state index in [4.69, 9.17) is 17.5 Å². The Kier molecular flexibility index (Phi) is 1.86. The van der Waals surface area contributed by atoms with Crippen molar-refractivity contribution < 1.29 is 0 Å². The summed E-state index contributed by atoms with van der Waals surface area (Å²) in [6.07, 6.45) is 0. The third-order valence-corrected chi connectivity index (χ3v) is 1.26. The van der Waals surface area contributed by atoms with Gasteiger partial charge in [-0.25, -0.2) is 4.79 Å². The number of hydrogen-bond acceptors (Lipinski definition) is 4. The Morgan fingerprint density at radius 2 is 2.00 bits per heavy atom. The molecule has 0 aliphatic heterocycles. The van der Waals surface area contributed by atoms with Crippen LogP contribution >= 0.6 is 11.8 Å². The van der Waals surface area contributed by atoms with Gasteiger partial charge in [-0.15, -0.1) is 0 Å². The minimum atomic E-state index is -0.664. The third-order valence-electron chi connectivity index (χ3n) is 1.07. The molecule has 7 heteroatoms. The fraction of sp³-hybridized carbons (Fsp3) is 0. The summed E-state index contributed by atoms with van der Waals surface area (Å²) in [6.45, 7) is 0. The van der Waals surface area contributed by atoms with Crippen LogP contribution in [0.1, 0.15) is 0 Å². The van der Waals surface area contributed by atoms with E-state index in [2.05, 4.69) is 4.98 Å². The molecule has 1 rings (SSSR count). The van der Waals surface area contributed by atoms with Crippen molar-refractivity contribution >= 4 is 23.3 Å². The monoisotopic (exact) mass is 176 g/mol. The van der Waals surface area contributed by atoms with E-state index in [0.717, 1.165) is 0 Å². The van der Waals surface area contributed by atoms with Gasteiger partial charge >= 0.3 is 5.69 Å². The molecule has 0 amide bonds. The van der Waals surface area contributed by atoms with E-state index in [9.17, 15) is 9.59 Å². The SMILES string of the molecule is Nc1[nH]c(=O)[nH]c(=O)c1NCl. The van der Waals surface area contributed by atoms with Gasteiger partial charge in [-0.1, -0.05) is 0 Å². The van der Waals surface area contributed by atoms with Gasteiger partial charge in [0.25, 0.3) is 5.56 Å². The average molecular weight is 177 g/mol. The smallest absolute Gasteiger partial charge is 0.327 e. The van der Waals surface area contributed by atoms with E-state index in [1.54, 1.807) is 0 Å². The normalized spacial score (nSPS) is 9.55. The molecule has 0 fully saturated rings. The van der Waals surface area contributed by atoms with E-state index in [1.165, 1.54) is 0 Å². The van der Waals surface area contributed by atoms with Gasteiger partial charge in [0.2, 0.25) is 0 Å². The second kappa shape index (κ2) is 2.67. The molecule has 0 aliphatic rings. The first kappa shape index (κ1) is 7.67. The van der Waals surface area contributed by atoms with Crippen LogP contribution in [-0.4, -0.2) is 9.97 Å². The number of aromatic nitrogens is 2. The van der Waals surface area contributed by atoms with Gasteiger partial charge in [0.05, 0.1) is 0 Å². The number of halogens is 1. The lowest BCUT2D eigenvalue weighted by Gasteiger charge is -1.98. The second-order valence-corrected chi connectivity index (χ2v) is 1.98. The van der Waals surface area contributed by atoms with E-state index in [0.29, 0.717) is 0 Å². The van der Waals surface area contributed by atoms with Crippen molar-refractivity contribution in [2.45, 2.75) is 0 Å². The Morgan fingerprint density at radius 3 is 2.45 bits per heavy atom. The highest BCUT2D eigenvalue weighted by molar-refractivity contribution is 6.24. The molecule has 0 spiro atoms. The number of nitrogens with two attached hydrogens (primary N) is 1. The largest absolute Gasteiger partial charge is 0.383 e. The van der Waals surface area contributed by atoms with Crippen LogP contribution in [0.4, 0.5) is 11.5 Å². The Hall–Kier alpha value is -1.43. The maximum absolute atomic E-state index is 10.8. The summed E-state index contributed by atoms with van der Waals surface area (Å²) < 4.78 is 0. The third kappa shape index (κ3) is 1.35. The summed E-state index contributed by atoms with van der Waals surface area (Å²) in [5.41, 5.74) is 3.83. The number of hydrogen-bond donors (Lipinski definition) is 4. The van der Waals surface area contributed by atoms with E-state index in [1.807, 2.05) is 9.82 Å². The van der Waals surface area contributed by atoms with E-state index < -0.39 is 11.2 Å². The standard InChI is InChI=1S/C4H5ClN4O2/c5-9-1-2(6)7-4(11)8-3(1)10/h9H,(H4,6,7,8,10,11). The van der Waals surface area contributed by atoms with Crippen molar-refractivity contribution in [2.24, 2.45) is 0 Å². The molecule has 0 bridgehead atoms. The second-order valence-electron chi connectivity index (χ2n) is 1.79. The van der Waals surface area contributed by atoms with Crippen LogP contribution in [0.25, 0.3) is 0 Å². The molecule has 0 saturated heterocycles. The molecular weight excluding hydrogens is 172 g/mol. The molecule has 1 heterocycles. The minimum Gasteiger partial charge on any atom is -0.383 e. The highest BCUT2D eigenvalue weighted by Crippen LogP contribution is 2.05. The fourth-order valence-corrected chi connectivity index (χ4v) is 0.785. The number of anilines is 2. The maximum Gasteiger partial charge on any atom is 0.327 e.